The summed E-state index contributed by atoms with van der Waals surface area (Å²) in [5.41, 5.74) is 3.22. The van der Waals surface area contributed by atoms with E-state index in [1.54, 1.807) is 17.0 Å². The van der Waals surface area contributed by atoms with Crippen LogP contribution in [0.3, 0.4) is 0 Å². The van der Waals surface area contributed by atoms with Crippen molar-refractivity contribution in [3.05, 3.63) is 75.1 Å². The Balaban J connectivity index is 2.08. The van der Waals surface area contributed by atoms with Crippen molar-refractivity contribution in [3.63, 3.8) is 0 Å². The molecule has 0 amide bonds. The summed E-state index contributed by atoms with van der Waals surface area (Å²) in [5.74, 6) is 0.342. The first-order chi connectivity index (χ1) is 13.4. The molecular formula is C20H20ClN5O2. The predicted octanol–water partition coefficient (Wildman–Crippen LogP) is 5.56. The van der Waals surface area contributed by atoms with Crippen LogP contribution < -0.4 is 10.2 Å². The number of rotatable bonds is 6. The van der Waals surface area contributed by atoms with E-state index < -0.39 is 4.92 Å². The van der Waals surface area contributed by atoms with Gasteiger partial charge in [0.25, 0.3) is 0 Å². The number of nitro groups is 1. The first kappa shape index (κ1) is 19.6. The van der Waals surface area contributed by atoms with E-state index in [1.165, 1.54) is 6.33 Å². The van der Waals surface area contributed by atoms with Crippen LogP contribution in [-0.2, 0) is 0 Å². The maximum absolute atomic E-state index is 11.9. The van der Waals surface area contributed by atoms with Crippen molar-refractivity contribution in [2.75, 3.05) is 16.8 Å². The molecule has 3 rings (SSSR count). The predicted molar refractivity (Wildman–Crippen MR) is 112 cm³/mol. The summed E-state index contributed by atoms with van der Waals surface area (Å²) in [5, 5.41) is 15.5. The second-order valence-electron chi connectivity index (χ2n) is 6.32. The normalized spacial score (nSPS) is 10.6. The average molecular weight is 398 g/mol. The van der Waals surface area contributed by atoms with E-state index in [2.05, 4.69) is 15.3 Å². The third-order valence-electron chi connectivity index (χ3n) is 4.31. The molecule has 0 radical (unpaired) electrons. The summed E-state index contributed by atoms with van der Waals surface area (Å²) in [6, 6.07) is 13.1. The van der Waals surface area contributed by atoms with Gasteiger partial charge in [0, 0.05) is 22.9 Å². The van der Waals surface area contributed by atoms with Crippen LogP contribution in [0.15, 0.2) is 48.8 Å². The molecule has 1 N–H and O–H groups in total. The van der Waals surface area contributed by atoms with Gasteiger partial charge in [0.1, 0.15) is 6.33 Å². The van der Waals surface area contributed by atoms with Crippen molar-refractivity contribution in [2.45, 2.75) is 20.8 Å². The van der Waals surface area contributed by atoms with Crippen molar-refractivity contribution >= 4 is 40.3 Å². The fourth-order valence-corrected chi connectivity index (χ4v) is 3.06. The van der Waals surface area contributed by atoms with Gasteiger partial charge >= 0.3 is 5.69 Å². The monoisotopic (exact) mass is 397 g/mol. The van der Waals surface area contributed by atoms with E-state index in [9.17, 15) is 10.1 Å². The number of aryl methyl sites for hydroxylation is 2. The van der Waals surface area contributed by atoms with E-state index >= 15 is 0 Å². The first-order valence-corrected chi connectivity index (χ1v) is 9.15. The molecule has 0 bridgehead atoms. The second-order valence-corrected chi connectivity index (χ2v) is 6.73. The second kappa shape index (κ2) is 8.22. The Labute approximate surface area is 168 Å². The van der Waals surface area contributed by atoms with Crippen LogP contribution in [0.2, 0.25) is 5.02 Å². The van der Waals surface area contributed by atoms with E-state index in [0.29, 0.717) is 17.3 Å². The summed E-state index contributed by atoms with van der Waals surface area (Å²) in [6.45, 7) is 6.29. The molecule has 0 atom stereocenters. The molecule has 1 heterocycles. The first-order valence-electron chi connectivity index (χ1n) is 8.77. The third kappa shape index (κ3) is 4.04. The van der Waals surface area contributed by atoms with E-state index in [1.807, 2.05) is 51.1 Å². The zero-order chi connectivity index (χ0) is 20.3. The number of nitrogens with one attached hydrogen (secondary N) is 1. The molecule has 0 aliphatic carbocycles. The zero-order valence-corrected chi connectivity index (χ0v) is 16.6. The number of halogens is 1. The van der Waals surface area contributed by atoms with Gasteiger partial charge in [-0.05, 0) is 56.2 Å². The molecule has 0 saturated carbocycles. The fraction of sp³-hybridized carbons (Fsp3) is 0.200. The van der Waals surface area contributed by atoms with Crippen molar-refractivity contribution in [2.24, 2.45) is 0 Å². The molecule has 0 spiro atoms. The highest BCUT2D eigenvalue weighted by atomic mass is 35.5. The lowest BCUT2D eigenvalue weighted by atomic mass is 10.2. The number of hydrogen-bond donors (Lipinski definition) is 1. The van der Waals surface area contributed by atoms with Crippen LogP contribution in [-0.4, -0.2) is 21.4 Å². The van der Waals surface area contributed by atoms with Crippen LogP contribution in [0.1, 0.15) is 18.1 Å². The van der Waals surface area contributed by atoms with E-state index in [4.69, 9.17) is 11.6 Å². The van der Waals surface area contributed by atoms with Gasteiger partial charge in [-0.3, -0.25) is 10.1 Å². The van der Waals surface area contributed by atoms with Gasteiger partial charge in [-0.1, -0.05) is 29.8 Å². The molecular weight excluding hydrogens is 378 g/mol. The molecule has 0 aliphatic rings. The summed E-state index contributed by atoms with van der Waals surface area (Å²) >= 11 is 6.17. The lowest BCUT2D eigenvalue weighted by Crippen LogP contribution is -2.20. The van der Waals surface area contributed by atoms with Gasteiger partial charge in [0.05, 0.1) is 4.92 Å². The molecule has 144 valence electrons. The Morgan fingerprint density at radius 1 is 1.18 bits per heavy atom. The maximum atomic E-state index is 11.9. The third-order valence-corrected chi connectivity index (χ3v) is 4.71. The lowest BCUT2D eigenvalue weighted by Gasteiger charge is -2.22. The van der Waals surface area contributed by atoms with Crippen LogP contribution in [0, 0.1) is 24.0 Å². The maximum Gasteiger partial charge on any atom is 0.354 e. The fourth-order valence-electron chi connectivity index (χ4n) is 2.88. The minimum Gasteiger partial charge on any atom is -0.334 e. The smallest absolute Gasteiger partial charge is 0.334 e. The largest absolute Gasteiger partial charge is 0.354 e. The minimum absolute atomic E-state index is 0.112. The highest BCUT2D eigenvalue weighted by Crippen LogP contribution is 2.37. The van der Waals surface area contributed by atoms with Crippen molar-refractivity contribution in [1.82, 2.24) is 9.97 Å². The van der Waals surface area contributed by atoms with Crippen LogP contribution in [0.25, 0.3) is 0 Å². The van der Waals surface area contributed by atoms with Gasteiger partial charge in [0.2, 0.25) is 11.6 Å². The SMILES string of the molecule is CCN(c1cccc(C)c1)c1ncnc(Nc2ccc(C)c(Cl)c2)c1[N+](=O)[O-]. The molecule has 0 saturated heterocycles. The summed E-state index contributed by atoms with van der Waals surface area (Å²) in [6.07, 6.45) is 1.32. The van der Waals surface area contributed by atoms with Gasteiger partial charge in [0.15, 0.2) is 0 Å². The lowest BCUT2D eigenvalue weighted by molar-refractivity contribution is -0.383. The standard InChI is InChI=1S/C20H20ClN5O2/c1-4-25(16-7-5-6-13(2)10-16)20-18(26(27)28)19(22-12-23-20)24-15-9-8-14(3)17(21)11-15/h5-12H,4H2,1-3H3,(H,22,23,24). The van der Waals surface area contributed by atoms with Crippen molar-refractivity contribution in [3.8, 4) is 0 Å². The van der Waals surface area contributed by atoms with Crippen molar-refractivity contribution in [1.29, 1.82) is 0 Å². The van der Waals surface area contributed by atoms with Gasteiger partial charge in [-0.25, -0.2) is 9.97 Å². The van der Waals surface area contributed by atoms with Crippen LogP contribution >= 0.6 is 11.6 Å². The molecule has 8 heteroatoms. The highest BCUT2D eigenvalue weighted by molar-refractivity contribution is 6.31. The minimum atomic E-state index is -0.466. The van der Waals surface area contributed by atoms with Gasteiger partial charge < -0.3 is 10.2 Å². The Bertz CT molecular complexity index is 1030. The van der Waals surface area contributed by atoms with Gasteiger partial charge in [-0.2, -0.15) is 0 Å². The Morgan fingerprint density at radius 3 is 2.61 bits per heavy atom. The molecule has 0 fully saturated rings. The molecule has 0 aliphatic heterocycles. The number of nitrogens with zero attached hydrogens (tertiary/aromatic N) is 4. The molecule has 7 nitrogen and oxygen atoms in total. The van der Waals surface area contributed by atoms with Crippen LogP contribution in [0.5, 0.6) is 0 Å². The number of aromatic nitrogens is 2. The number of hydrogen-bond acceptors (Lipinski definition) is 6. The van der Waals surface area contributed by atoms with E-state index in [-0.39, 0.29) is 17.3 Å². The molecule has 1 aromatic heterocycles. The molecule has 28 heavy (non-hydrogen) atoms. The summed E-state index contributed by atoms with van der Waals surface area (Å²) < 4.78 is 0. The summed E-state index contributed by atoms with van der Waals surface area (Å²) in [4.78, 5) is 21.6. The van der Waals surface area contributed by atoms with E-state index in [0.717, 1.165) is 16.8 Å². The Morgan fingerprint density at radius 2 is 1.96 bits per heavy atom. The molecule has 3 aromatic rings. The number of benzene rings is 2. The van der Waals surface area contributed by atoms with Crippen LogP contribution in [0.4, 0.5) is 28.7 Å². The Hall–Kier alpha value is -3.19. The zero-order valence-electron chi connectivity index (χ0n) is 15.8. The highest BCUT2D eigenvalue weighted by Gasteiger charge is 2.27. The molecule has 2 aromatic carbocycles. The topological polar surface area (TPSA) is 84.2 Å². The number of anilines is 4. The quantitative estimate of drug-likeness (QED) is 0.433. The summed E-state index contributed by atoms with van der Waals surface area (Å²) in [7, 11) is 0. The Kier molecular flexibility index (Phi) is 5.75. The van der Waals surface area contributed by atoms with Crippen molar-refractivity contribution < 1.29 is 4.92 Å². The average Bonchev–Trinajstić information content (AvgIpc) is 2.65. The van der Waals surface area contributed by atoms with Gasteiger partial charge in [-0.15, -0.1) is 0 Å². The molecule has 0 unspecified atom stereocenters.